The number of rotatable bonds is 3. The van der Waals surface area contributed by atoms with Gasteiger partial charge in [0.1, 0.15) is 0 Å². The Morgan fingerprint density at radius 2 is 2.05 bits per heavy atom. The van der Waals surface area contributed by atoms with Crippen molar-refractivity contribution in [2.24, 2.45) is 7.05 Å². The molecule has 1 aromatic carbocycles. The van der Waals surface area contributed by atoms with Crippen LogP contribution in [-0.4, -0.2) is 14.9 Å². The van der Waals surface area contributed by atoms with Crippen molar-refractivity contribution in [2.75, 3.05) is 5.32 Å². The van der Waals surface area contributed by atoms with Gasteiger partial charge >= 0.3 is 0 Å². The number of aryl methyl sites for hydroxylation is 3. The minimum absolute atomic E-state index is 0.627. The van der Waals surface area contributed by atoms with Crippen molar-refractivity contribution >= 4 is 23.0 Å². The molecule has 20 heavy (non-hydrogen) atoms. The summed E-state index contributed by atoms with van der Waals surface area (Å²) in [5, 5.41) is 11.3. The summed E-state index contributed by atoms with van der Waals surface area (Å²) in [4.78, 5) is 0. The number of nitrogens with one attached hydrogen (secondary N) is 2. The van der Waals surface area contributed by atoms with Gasteiger partial charge < -0.3 is 10.6 Å². The number of thiocarbonyl (C=S) groups is 1. The van der Waals surface area contributed by atoms with Crippen LogP contribution < -0.4 is 10.6 Å². The zero-order valence-electron chi connectivity index (χ0n) is 12.3. The van der Waals surface area contributed by atoms with Crippen LogP contribution in [0.25, 0.3) is 0 Å². The van der Waals surface area contributed by atoms with Crippen molar-refractivity contribution in [3.05, 3.63) is 46.8 Å². The van der Waals surface area contributed by atoms with E-state index in [2.05, 4.69) is 47.8 Å². The summed E-state index contributed by atoms with van der Waals surface area (Å²) in [5.74, 6) is 0. The highest BCUT2D eigenvalue weighted by Crippen LogP contribution is 2.16. The minimum Gasteiger partial charge on any atom is -0.358 e. The molecule has 0 atom stereocenters. The summed E-state index contributed by atoms with van der Waals surface area (Å²) in [7, 11) is 1.94. The van der Waals surface area contributed by atoms with E-state index in [1.165, 1.54) is 11.1 Å². The summed E-state index contributed by atoms with van der Waals surface area (Å²) in [6, 6.07) is 6.28. The van der Waals surface area contributed by atoms with Gasteiger partial charge in [0.05, 0.1) is 6.20 Å². The highest BCUT2D eigenvalue weighted by Gasteiger charge is 2.05. The highest BCUT2D eigenvalue weighted by atomic mass is 32.1. The lowest BCUT2D eigenvalue weighted by Gasteiger charge is -2.13. The molecule has 2 rings (SSSR count). The van der Waals surface area contributed by atoms with E-state index >= 15 is 0 Å². The quantitative estimate of drug-likeness (QED) is 0.852. The van der Waals surface area contributed by atoms with Gasteiger partial charge in [0, 0.05) is 30.5 Å². The van der Waals surface area contributed by atoms with Crippen molar-refractivity contribution < 1.29 is 0 Å². The highest BCUT2D eigenvalue weighted by molar-refractivity contribution is 7.80. The maximum atomic E-state index is 5.34. The lowest BCUT2D eigenvalue weighted by Crippen LogP contribution is -2.28. The molecule has 0 unspecified atom stereocenters. The Morgan fingerprint density at radius 3 is 2.70 bits per heavy atom. The van der Waals surface area contributed by atoms with Crippen molar-refractivity contribution in [3.8, 4) is 0 Å². The van der Waals surface area contributed by atoms with E-state index < -0.39 is 0 Å². The van der Waals surface area contributed by atoms with E-state index in [1.807, 2.05) is 24.9 Å². The largest absolute Gasteiger partial charge is 0.358 e. The van der Waals surface area contributed by atoms with Crippen LogP contribution in [0.3, 0.4) is 0 Å². The Hall–Kier alpha value is -1.88. The van der Waals surface area contributed by atoms with Crippen LogP contribution in [0.15, 0.2) is 24.4 Å². The molecule has 0 saturated heterocycles. The number of aromatic nitrogens is 2. The fourth-order valence-corrected chi connectivity index (χ4v) is 2.11. The minimum atomic E-state index is 0.627. The van der Waals surface area contributed by atoms with Gasteiger partial charge in [-0.05, 0) is 50.2 Å². The number of hydrogen-bond acceptors (Lipinski definition) is 2. The van der Waals surface area contributed by atoms with Crippen molar-refractivity contribution in [3.63, 3.8) is 0 Å². The number of benzene rings is 1. The third-order valence-electron chi connectivity index (χ3n) is 3.42. The number of hydrogen-bond donors (Lipinski definition) is 2. The van der Waals surface area contributed by atoms with Gasteiger partial charge in [0.2, 0.25) is 0 Å². The Labute approximate surface area is 125 Å². The van der Waals surface area contributed by atoms with Crippen LogP contribution in [0.4, 0.5) is 5.69 Å². The van der Waals surface area contributed by atoms with E-state index in [4.69, 9.17) is 12.2 Å². The zero-order valence-corrected chi connectivity index (χ0v) is 13.1. The summed E-state index contributed by atoms with van der Waals surface area (Å²) >= 11 is 5.34. The monoisotopic (exact) mass is 288 g/mol. The van der Waals surface area contributed by atoms with Crippen LogP contribution >= 0.6 is 12.2 Å². The molecule has 4 nitrogen and oxygen atoms in total. The fourth-order valence-electron chi connectivity index (χ4n) is 1.93. The smallest absolute Gasteiger partial charge is 0.171 e. The number of nitrogens with zero attached hydrogens (tertiary/aromatic N) is 2. The standard InChI is InChI=1S/C15H20N4S/c1-10-5-6-11(2)14(7-10)18-15(20)16-8-13-9-17-19(4)12(13)3/h5-7,9H,8H2,1-4H3,(H2,16,18,20). The van der Waals surface area contributed by atoms with Crippen molar-refractivity contribution in [1.82, 2.24) is 15.1 Å². The Kier molecular flexibility index (Phi) is 4.39. The SMILES string of the molecule is Cc1ccc(C)c(NC(=S)NCc2cnn(C)c2C)c1. The first-order valence-electron chi connectivity index (χ1n) is 6.57. The molecule has 0 aliphatic heterocycles. The molecule has 0 bridgehead atoms. The molecule has 1 heterocycles. The molecule has 0 radical (unpaired) electrons. The third-order valence-corrected chi connectivity index (χ3v) is 3.66. The van der Waals surface area contributed by atoms with Crippen LogP contribution in [0.5, 0.6) is 0 Å². The van der Waals surface area contributed by atoms with Crippen molar-refractivity contribution in [1.29, 1.82) is 0 Å². The second-order valence-electron chi connectivity index (χ2n) is 5.00. The molecule has 0 fully saturated rings. The first-order chi connectivity index (χ1) is 9.47. The molecule has 0 amide bonds. The van der Waals surface area contributed by atoms with Crippen LogP contribution in [0.1, 0.15) is 22.4 Å². The Morgan fingerprint density at radius 1 is 1.30 bits per heavy atom. The topological polar surface area (TPSA) is 41.9 Å². The lowest BCUT2D eigenvalue weighted by atomic mass is 10.1. The van der Waals surface area contributed by atoms with Gasteiger partial charge in [0.25, 0.3) is 0 Å². The van der Waals surface area contributed by atoms with Gasteiger partial charge in [-0.2, -0.15) is 5.10 Å². The van der Waals surface area contributed by atoms with Gasteiger partial charge in [-0.3, -0.25) is 4.68 Å². The van der Waals surface area contributed by atoms with E-state index in [0.29, 0.717) is 11.7 Å². The zero-order chi connectivity index (χ0) is 14.7. The molecule has 0 aliphatic rings. The second-order valence-corrected chi connectivity index (χ2v) is 5.41. The summed E-state index contributed by atoms with van der Waals surface area (Å²) in [6.07, 6.45) is 1.86. The molecular formula is C15H20N4S. The van der Waals surface area contributed by atoms with Gasteiger partial charge in [-0.25, -0.2) is 0 Å². The maximum Gasteiger partial charge on any atom is 0.171 e. The maximum absolute atomic E-state index is 5.34. The summed E-state index contributed by atoms with van der Waals surface area (Å²) in [6.45, 7) is 6.86. The predicted octanol–water partition coefficient (Wildman–Crippen LogP) is 2.83. The van der Waals surface area contributed by atoms with E-state index in [1.54, 1.807) is 0 Å². The van der Waals surface area contributed by atoms with Gasteiger partial charge in [-0.1, -0.05) is 12.1 Å². The predicted molar refractivity (Wildman–Crippen MR) is 86.9 cm³/mol. The van der Waals surface area contributed by atoms with Gasteiger partial charge in [0.15, 0.2) is 5.11 Å². The Bertz CT molecular complexity index is 631. The van der Waals surface area contributed by atoms with E-state index in [0.717, 1.165) is 16.9 Å². The van der Waals surface area contributed by atoms with Gasteiger partial charge in [-0.15, -0.1) is 0 Å². The van der Waals surface area contributed by atoms with E-state index in [9.17, 15) is 0 Å². The molecule has 1 aromatic heterocycles. The molecule has 0 aliphatic carbocycles. The second kappa shape index (κ2) is 6.05. The van der Waals surface area contributed by atoms with Crippen molar-refractivity contribution in [2.45, 2.75) is 27.3 Å². The molecule has 2 N–H and O–H groups in total. The first-order valence-corrected chi connectivity index (χ1v) is 6.98. The van der Waals surface area contributed by atoms with Crippen LogP contribution in [0.2, 0.25) is 0 Å². The Balaban J connectivity index is 1.96. The average molecular weight is 288 g/mol. The van der Waals surface area contributed by atoms with E-state index in [-0.39, 0.29) is 0 Å². The average Bonchev–Trinajstić information content (AvgIpc) is 2.72. The lowest BCUT2D eigenvalue weighted by molar-refractivity contribution is 0.736. The molecule has 2 aromatic rings. The molecule has 0 saturated carbocycles. The molecule has 106 valence electrons. The first kappa shape index (κ1) is 14.5. The molecule has 5 heteroatoms. The third kappa shape index (κ3) is 3.36. The normalized spacial score (nSPS) is 10.4. The molecular weight excluding hydrogens is 268 g/mol. The molecule has 0 spiro atoms. The fraction of sp³-hybridized carbons (Fsp3) is 0.333. The summed E-state index contributed by atoms with van der Waals surface area (Å²) < 4.78 is 1.86. The van der Waals surface area contributed by atoms with Crippen LogP contribution in [0, 0.1) is 20.8 Å². The number of anilines is 1. The van der Waals surface area contributed by atoms with Crippen LogP contribution in [-0.2, 0) is 13.6 Å². The summed E-state index contributed by atoms with van der Waals surface area (Å²) in [5.41, 5.74) is 5.73.